The second kappa shape index (κ2) is 8.20. The Kier molecular flexibility index (Phi) is 5.75. The maximum atomic E-state index is 12.2. The molecule has 1 aliphatic heterocycles. The number of anilines is 1. The van der Waals surface area contributed by atoms with Crippen LogP contribution in [0.25, 0.3) is 0 Å². The average molecular weight is 366 g/mol. The van der Waals surface area contributed by atoms with Crippen molar-refractivity contribution in [2.75, 3.05) is 18.5 Å². The smallest absolute Gasteiger partial charge is 0.227 e. The van der Waals surface area contributed by atoms with Crippen LogP contribution in [0.15, 0.2) is 16.7 Å². The summed E-state index contributed by atoms with van der Waals surface area (Å²) in [5.74, 6) is 2.12. The van der Waals surface area contributed by atoms with Gasteiger partial charge in [-0.1, -0.05) is 23.7 Å². The molecular weight excluding hydrogens is 346 g/mol. The molecule has 2 aromatic rings. The van der Waals surface area contributed by atoms with E-state index in [2.05, 4.69) is 15.5 Å². The summed E-state index contributed by atoms with van der Waals surface area (Å²) >= 11 is 6.22. The lowest BCUT2D eigenvalue weighted by Crippen LogP contribution is -2.13. The average Bonchev–Trinajstić information content (AvgIpc) is 2.92. The van der Waals surface area contributed by atoms with E-state index < -0.39 is 0 Å². The SMILES string of the molecule is CCCc1noc(CCC(=O)Nc2cc3c(cc2Cl)OCCCO3)n1. The highest BCUT2D eigenvalue weighted by atomic mass is 35.5. The molecule has 0 radical (unpaired) electrons. The summed E-state index contributed by atoms with van der Waals surface area (Å²) < 4.78 is 16.3. The fraction of sp³-hybridized carbons (Fsp3) is 0.471. The molecule has 0 saturated heterocycles. The molecule has 0 spiro atoms. The maximum absolute atomic E-state index is 12.2. The lowest BCUT2D eigenvalue weighted by Gasteiger charge is -2.12. The Bertz CT molecular complexity index is 747. The molecule has 0 fully saturated rings. The molecule has 1 aromatic heterocycles. The summed E-state index contributed by atoms with van der Waals surface area (Å²) in [7, 11) is 0. The van der Waals surface area contributed by atoms with Gasteiger partial charge in [0.1, 0.15) is 0 Å². The van der Waals surface area contributed by atoms with E-state index in [1.54, 1.807) is 12.1 Å². The predicted octanol–water partition coefficient (Wildman–Crippen LogP) is 3.41. The molecule has 25 heavy (non-hydrogen) atoms. The summed E-state index contributed by atoms with van der Waals surface area (Å²) in [6, 6.07) is 3.35. The Morgan fingerprint density at radius 2 is 2.00 bits per heavy atom. The number of nitrogens with zero attached hydrogens (tertiary/aromatic N) is 2. The molecule has 3 rings (SSSR count). The minimum absolute atomic E-state index is 0.188. The molecule has 0 atom stereocenters. The van der Waals surface area contributed by atoms with Crippen LogP contribution in [0, 0.1) is 0 Å². The lowest BCUT2D eigenvalue weighted by atomic mass is 10.2. The van der Waals surface area contributed by atoms with Crippen LogP contribution in [-0.4, -0.2) is 29.3 Å². The fourth-order valence-electron chi connectivity index (χ4n) is 2.43. The van der Waals surface area contributed by atoms with E-state index in [-0.39, 0.29) is 12.3 Å². The van der Waals surface area contributed by atoms with Gasteiger partial charge in [0.2, 0.25) is 11.8 Å². The third-order valence-corrected chi connectivity index (χ3v) is 3.97. The molecule has 0 bridgehead atoms. The highest BCUT2D eigenvalue weighted by molar-refractivity contribution is 6.34. The van der Waals surface area contributed by atoms with Gasteiger partial charge in [-0.25, -0.2) is 0 Å². The molecule has 1 amide bonds. The molecule has 0 aliphatic carbocycles. The van der Waals surface area contributed by atoms with Crippen molar-refractivity contribution >= 4 is 23.2 Å². The molecule has 8 heteroatoms. The van der Waals surface area contributed by atoms with Gasteiger partial charge in [0.05, 0.1) is 23.9 Å². The van der Waals surface area contributed by atoms with Crippen LogP contribution in [0.4, 0.5) is 5.69 Å². The van der Waals surface area contributed by atoms with Gasteiger partial charge in [0.15, 0.2) is 17.3 Å². The minimum atomic E-state index is -0.188. The van der Waals surface area contributed by atoms with E-state index >= 15 is 0 Å². The Balaban J connectivity index is 1.59. The molecule has 1 N–H and O–H groups in total. The third-order valence-electron chi connectivity index (χ3n) is 3.66. The van der Waals surface area contributed by atoms with E-state index in [0.717, 1.165) is 19.3 Å². The first-order valence-electron chi connectivity index (χ1n) is 8.36. The van der Waals surface area contributed by atoms with Crippen LogP contribution < -0.4 is 14.8 Å². The Hall–Kier alpha value is -2.28. The fourth-order valence-corrected chi connectivity index (χ4v) is 2.63. The Morgan fingerprint density at radius 1 is 1.24 bits per heavy atom. The first-order chi connectivity index (χ1) is 12.2. The molecule has 7 nitrogen and oxygen atoms in total. The van der Waals surface area contributed by atoms with Crippen molar-refractivity contribution in [2.24, 2.45) is 0 Å². The zero-order chi connectivity index (χ0) is 17.6. The first kappa shape index (κ1) is 17.5. The number of benzene rings is 1. The summed E-state index contributed by atoms with van der Waals surface area (Å²) in [6.07, 6.45) is 3.12. The normalized spacial score (nSPS) is 13.4. The molecule has 1 aliphatic rings. The van der Waals surface area contributed by atoms with Gasteiger partial charge in [-0.05, 0) is 6.42 Å². The minimum Gasteiger partial charge on any atom is -0.490 e. The van der Waals surface area contributed by atoms with Gasteiger partial charge in [0.25, 0.3) is 0 Å². The van der Waals surface area contributed by atoms with Crippen molar-refractivity contribution in [1.29, 1.82) is 0 Å². The van der Waals surface area contributed by atoms with E-state index in [9.17, 15) is 4.79 Å². The van der Waals surface area contributed by atoms with Crippen LogP contribution in [-0.2, 0) is 17.6 Å². The summed E-state index contributed by atoms with van der Waals surface area (Å²) in [5.41, 5.74) is 0.494. The van der Waals surface area contributed by atoms with Gasteiger partial charge < -0.3 is 19.3 Å². The van der Waals surface area contributed by atoms with E-state index in [1.807, 2.05) is 6.92 Å². The summed E-state index contributed by atoms with van der Waals surface area (Å²) in [4.78, 5) is 16.4. The Labute approximate surface area is 150 Å². The second-order valence-electron chi connectivity index (χ2n) is 5.73. The van der Waals surface area contributed by atoms with E-state index in [4.69, 9.17) is 25.6 Å². The number of hydrogen-bond acceptors (Lipinski definition) is 6. The number of amides is 1. The number of nitrogens with one attached hydrogen (secondary N) is 1. The van der Waals surface area contributed by atoms with Gasteiger partial charge >= 0.3 is 0 Å². The van der Waals surface area contributed by atoms with Crippen molar-refractivity contribution in [3.8, 4) is 11.5 Å². The van der Waals surface area contributed by atoms with E-state index in [1.165, 1.54) is 0 Å². The van der Waals surface area contributed by atoms with Crippen LogP contribution >= 0.6 is 11.6 Å². The number of aryl methyl sites for hydroxylation is 2. The number of halogens is 1. The number of carbonyl (C=O) groups is 1. The van der Waals surface area contributed by atoms with Crippen LogP contribution in [0.3, 0.4) is 0 Å². The van der Waals surface area contributed by atoms with Gasteiger partial charge in [-0.3, -0.25) is 4.79 Å². The van der Waals surface area contributed by atoms with Gasteiger partial charge in [-0.15, -0.1) is 0 Å². The van der Waals surface area contributed by atoms with Crippen molar-refractivity contribution in [3.05, 3.63) is 28.9 Å². The number of rotatable bonds is 6. The molecule has 0 saturated carbocycles. The van der Waals surface area contributed by atoms with Crippen LogP contribution in [0.5, 0.6) is 11.5 Å². The second-order valence-corrected chi connectivity index (χ2v) is 6.14. The topological polar surface area (TPSA) is 86.5 Å². The number of ether oxygens (including phenoxy) is 2. The molecular formula is C17H20ClN3O4. The lowest BCUT2D eigenvalue weighted by molar-refractivity contribution is -0.116. The maximum Gasteiger partial charge on any atom is 0.227 e. The number of hydrogen-bond donors (Lipinski definition) is 1. The highest BCUT2D eigenvalue weighted by Gasteiger charge is 2.16. The van der Waals surface area contributed by atoms with Gasteiger partial charge in [-0.2, -0.15) is 4.98 Å². The standard InChI is InChI=1S/C17H20ClN3O4/c1-2-4-15-20-17(25-21-15)6-5-16(22)19-12-10-14-13(9-11(12)18)23-7-3-8-24-14/h9-10H,2-8H2,1H3,(H,19,22). The zero-order valence-corrected chi connectivity index (χ0v) is 14.8. The summed E-state index contributed by atoms with van der Waals surface area (Å²) in [6.45, 7) is 3.20. The zero-order valence-electron chi connectivity index (χ0n) is 14.0. The number of carbonyl (C=O) groups excluding carboxylic acids is 1. The van der Waals surface area contributed by atoms with Gasteiger partial charge in [0, 0.05) is 37.8 Å². The number of aromatic nitrogens is 2. The van der Waals surface area contributed by atoms with Crippen LogP contribution in [0.1, 0.15) is 37.9 Å². The number of fused-ring (bicyclic) bond motifs is 1. The van der Waals surface area contributed by atoms with Crippen molar-refractivity contribution in [1.82, 2.24) is 10.1 Å². The van der Waals surface area contributed by atoms with Crippen molar-refractivity contribution in [2.45, 2.75) is 39.0 Å². The van der Waals surface area contributed by atoms with Crippen LogP contribution in [0.2, 0.25) is 5.02 Å². The quantitative estimate of drug-likeness (QED) is 0.844. The highest BCUT2D eigenvalue weighted by Crippen LogP contribution is 2.37. The molecule has 2 heterocycles. The molecule has 134 valence electrons. The van der Waals surface area contributed by atoms with Crippen molar-refractivity contribution in [3.63, 3.8) is 0 Å². The third kappa shape index (κ3) is 4.63. The molecule has 0 unspecified atom stereocenters. The van der Waals surface area contributed by atoms with E-state index in [0.29, 0.717) is 53.6 Å². The summed E-state index contributed by atoms with van der Waals surface area (Å²) in [5, 5.41) is 7.06. The monoisotopic (exact) mass is 365 g/mol. The Morgan fingerprint density at radius 3 is 2.76 bits per heavy atom. The largest absolute Gasteiger partial charge is 0.490 e. The predicted molar refractivity (Wildman–Crippen MR) is 92.3 cm³/mol. The molecule has 1 aromatic carbocycles. The first-order valence-corrected chi connectivity index (χ1v) is 8.74. The van der Waals surface area contributed by atoms with Crippen molar-refractivity contribution < 1.29 is 18.8 Å².